The van der Waals surface area contributed by atoms with Gasteiger partial charge < -0.3 is 35.3 Å². The number of carbonyl (C=O) groups is 1. The molecule has 1 unspecified atom stereocenters. The van der Waals surface area contributed by atoms with E-state index in [2.05, 4.69) is 25.4 Å². The molecule has 1 aliphatic heterocycles. The maximum Gasteiger partial charge on any atom is 0.459 e. The van der Waals surface area contributed by atoms with E-state index >= 15 is 0 Å². The number of ether oxygens (including phenoxy) is 2. The van der Waals surface area contributed by atoms with Crippen LogP contribution >= 0.6 is 7.75 Å². The maximum absolute atomic E-state index is 14.5. The predicted octanol–water partition coefficient (Wildman–Crippen LogP) is 5.09. The molecule has 15 nitrogen and oxygen atoms in total. The van der Waals surface area contributed by atoms with Gasteiger partial charge in [-0.15, -0.1) is 0 Å². The minimum absolute atomic E-state index is 0.0616. The van der Waals surface area contributed by atoms with Gasteiger partial charge in [0.15, 0.2) is 23.2 Å². The lowest BCUT2D eigenvalue weighted by molar-refractivity contribution is -0.148. The van der Waals surface area contributed by atoms with E-state index in [1.807, 2.05) is 75.4 Å². The van der Waals surface area contributed by atoms with Crippen LogP contribution in [0.2, 0.25) is 0 Å². The summed E-state index contributed by atoms with van der Waals surface area (Å²) in [7, 11) is -4.39. The summed E-state index contributed by atoms with van der Waals surface area (Å²) >= 11 is 0. The van der Waals surface area contributed by atoms with Crippen LogP contribution in [0.1, 0.15) is 40.8 Å². The molecule has 16 heteroatoms. The Morgan fingerprint density at radius 3 is 2.55 bits per heavy atom. The monoisotopic (exact) mass is 719 g/mol. The fraction of sp³-hybridized carbons (Fsp3) is 0.371. The molecule has 270 valence electrons. The van der Waals surface area contributed by atoms with E-state index in [0.717, 1.165) is 11.1 Å². The number of imidazole rings is 1. The molecule has 0 spiro atoms. The van der Waals surface area contributed by atoms with Crippen LogP contribution in [-0.4, -0.2) is 72.8 Å². The molecule has 3 heterocycles. The highest BCUT2D eigenvalue weighted by Gasteiger charge is 2.54. The number of benzene rings is 3. The molecule has 2 aromatic heterocycles. The third-order valence-corrected chi connectivity index (χ3v) is 9.84. The number of fused-ring (bicyclic) bond motifs is 2. The number of aromatic nitrogens is 4. The molecule has 0 bridgehead atoms. The normalized spacial score (nSPS) is 22.5. The summed E-state index contributed by atoms with van der Waals surface area (Å²) < 4.78 is 39.4. The Kier molecular flexibility index (Phi) is 10.1. The van der Waals surface area contributed by atoms with Crippen molar-refractivity contribution < 1.29 is 38.1 Å². The zero-order valence-electron chi connectivity index (χ0n) is 28.9. The van der Waals surface area contributed by atoms with Gasteiger partial charge in [-0.05, 0) is 42.8 Å². The van der Waals surface area contributed by atoms with Gasteiger partial charge in [-0.3, -0.25) is 13.9 Å². The third-order valence-electron chi connectivity index (χ3n) is 8.21. The van der Waals surface area contributed by atoms with Crippen molar-refractivity contribution in [3.05, 3.63) is 79.1 Å². The maximum atomic E-state index is 14.5. The number of aliphatic hydroxyl groups excluding tert-OH is 1. The van der Waals surface area contributed by atoms with E-state index in [0.29, 0.717) is 16.7 Å². The van der Waals surface area contributed by atoms with Crippen LogP contribution in [0, 0.1) is 5.41 Å². The number of nitrogens with two attached hydrogens (primary N) is 1. The van der Waals surface area contributed by atoms with Crippen molar-refractivity contribution in [3.8, 4) is 5.75 Å². The lowest BCUT2D eigenvalue weighted by atomic mass is 9.96. The van der Waals surface area contributed by atoms with Crippen molar-refractivity contribution in [2.45, 2.75) is 64.7 Å². The van der Waals surface area contributed by atoms with Crippen molar-refractivity contribution in [2.24, 2.45) is 5.41 Å². The number of aliphatic hydroxyl groups is 2. The van der Waals surface area contributed by atoms with Gasteiger partial charge in [-0.1, -0.05) is 75.4 Å². The molecule has 6 N–H and O–H groups in total. The molecule has 0 radical (unpaired) electrons. The molecule has 0 saturated carbocycles. The molecule has 3 aromatic carbocycles. The summed E-state index contributed by atoms with van der Waals surface area (Å²) in [5.74, 6) is -0.161. The van der Waals surface area contributed by atoms with E-state index in [1.54, 1.807) is 18.2 Å². The molecule has 1 saturated heterocycles. The Morgan fingerprint density at radius 1 is 1.10 bits per heavy atom. The molecule has 0 amide bonds. The third kappa shape index (κ3) is 7.99. The van der Waals surface area contributed by atoms with Gasteiger partial charge in [0.25, 0.3) is 0 Å². The fourth-order valence-corrected chi connectivity index (χ4v) is 7.12. The zero-order valence-corrected chi connectivity index (χ0v) is 29.8. The predicted molar refractivity (Wildman–Crippen MR) is 191 cm³/mol. The largest absolute Gasteiger partial charge is 0.464 e. The van der Waals surface area contributed by atoms with E-state index in [1.165, 1.54) is 24.7 Å². The quantitative estimate of drug-likeness (QED) is 0.0842. The van der Waals surface area contributed by atoms with Crippen LogP contribution in [0.4, 0.5) is 17.5 Å². The number of rotatable bonds is 12. The zero-order chi connectivity index (χ0) is 36.6. The van der Waals surface area contributed by atoms with Crippen LogP contribution in [0.15, 0.2) is 79.1 Å². The first-order valence-electron chi connectivity index (χ1n) is 16.4. The minimum Gasteiger partial charge on any atom is -0.464 e. The molecule has 0 aliphatic carbocycles. The summed E-state index contributed by atoms with van der Waals surface area (Å²) in [5.41, 5.74) is 5.16. The van der Waals surface area contributed by atoms with Gasteiger partial charge in [-0.25, -0.2) is 9.55 Å². The lowest BCUT2D eigenvalue weighted by Crippen LogP contribution is -2.44. The summed E-state index contributed by atoms with van der Waals surface area (Å²) in [4.78, 5) is 26.0. The number of hydrogen-bond acceptors (Lipinski definition) is 13. The number of nitrogens with one attached hydrogen (secondary N) is 2. The number of hydrogen-bond donors (Lipinski definition) is 5. The van der Waals surface area contributed by atoms with Crippen LogP contribution in [0.25, 0.3) is 21.9 Å². The van der Waals surface area contributed by atoms with Crippen molar-refractivity contribution in [1.29, 1.82) is 0 Å². The summed E-state index contributed by atoms with van der Waals surface area (Å²) in [6, 6.07) is 20.8. The fourth-order valence-electron chi connectivity index (χ4n) is 5.60. The second kappa shape index (κ2) is 14.2. The van der Waals surface area contributed by atoms with Crippen LogP contribution in [0.5, 0.6) is 5.75 Å². The van der Waals surface area contributed by atoms with E-state index in [-0.39, 0.29) is 29.4 Å². The van der Waals surface area contributed by atoms with E-state index in [4.69, 9.17) is 24.3 Å². The van der Waals surface area contributed by atoms with Crippen molar-refractivity contribution >= 4 is 53.1 Å². The van der Waals surface area contributed by atoms with Gasteiger partial charge in [0.2, 0.25) is 5.95 Å². The number of esters is 1. The van der Waals surface area contributed by atoms with Crippen molar-refractivity contribution in [3.63, 3.8) is 0 Å². The van der Waals surface area contributed by atoms with Crippen LogP contribution in [0.3, 0.4) is 0 Å². The first-order chi connectivity index (χ1) is 24.1. The van der Waals surface area contributed by atoms with Crippen molar-refractivity contribution in [1.82, 2.24) is 24.6 Å². The lowest BCUT2D eigenvalue weighted by Gasteiger charge is -2.27. The Morgan fingerprint density at radius 2 is 1.80 bits per heavy atom. The van der Waals surface area contributed by atoms with Crippen LogP contribution in [-0.2, 0) is 23.4 Å². The van der Waals surface area contributed by atoms with Gasteiger partial charge >= 0.3 is 13.7 Å². The molecular weight excluding hydrogens is 677 g/mol. The highest BCUT2D eigenvalue weighted by Crippen LogP contribution is 2.48. The van der Waals surface area contributed by atoms with Gasteiger partial charge in [0, 0.05) is 11.1 Å². The molecule has 51 heavy (non-hydrogen) atoms. The minimum atomic E-state index is -4.39. The molecule has 6 atom stereocenters. The number of anilines is 3. The Balaban J connectivity index is 1.25. The first kappa shape index (κ1) is 36.2. The van der Waals surface area contributed by atoms with Gasteiger partial charge in [0.1, 0.15) is 29.6 Å². The summed E-state index contributed by atoms with van der Waals surface area (Å²) in [6.07, 6.45) is -2.60. The number of nitrogen functional groups attached to an aromatic ring is 1. The molecule has 1 aliphatic rings. The number of carbonyl (C=O) groups excluding carboxylic acids is 1. The molecule has 1 fully saturated rings. The summed E-state index contributed by atoms with van der Waals surface area (Å²) in [6.45, 7) is 8.24. The van der Waals surface area contributed by atoms with Crippen LogP contribution < -0.4 is 20.7 Å². The molecule has 5 aromatic rings. The topological polar surface area (TPSA) is 205 Å². The standard InChI is InChI=1S/C35H42N7O8P/c1-21(31(44)47-19-34(2,3)4)41-51(46,50-25-17-11-13-22-12-9-10-16-24(22)25)48-18-26-28(43)35(5,45)32(49-26)42-20-37-27-29(39-33(36)40-30(27)42)38-23-14-7-6-8-15-23/h6-17,20-21,26,28,32,43,45H,18-19H2,1-5H3,(H,41,46)(H3,36,38,39,40)/t21-,26+,28+,32+,35+,51?/m0/s1. The van der Waals surface area contributed by atoms with E-state index in [9.17, 15) is 19.6 Å². The van der Waals surface area contributed by atoms with Gasteiger partial charge in [0.05, 0.1) is 19.5 Å². The SMILES string of the molecule is C[C@H](NP(=O)(OC[C@H]1O[C@@H](n2cnc3c(Nc4ccccc4)nc(N)nc32)[C@](C)(O)[C@@H]1O)Oc1cccc2ccccc12)C(=O)OCC(C)(C)C. The average molecular weight is 720 g/mol. The Hall–Kier alpha value is -4.63. The molecule has 6 rings (SSSR count). The number of para-hydroxylation sites is 1. The second-order valence-electron chi connectivity index (χ2n) is 13.8. The Bertz CT molecular complexity index is 2060. The highest BCUT2D eigenvalue weighted by atomic mass is 31.2. The smallest absolute Gasteiger partial charge is 0.459 e. The van der Waals surface area contributed by atoms with Gasteiger partial charge in [-0.2, -0.15) is 15.1 Å². The molecular formula is C35H42N7O8P. The Labute approximate surface area is 294 Å². The highest BCUT2D eigenvalue weighted by molar-refractivity contribution is 7.52. The second-order valence-corrected chi connectivity index (χ2v) is 15.5. The van der Waals surface area contributed by atoms with E-state index < -0.39 is 50.4 Å². The average Bonchev–Trinajstić information content (AvgIpc) is 3.59. The first-order valence-corrected chi connectivity index (χ1v) is 17.9. The number of nitrogens with zero attached hydrogens (tertiary/aromatic N) is 4. The van der Waals surface area contributed by atoms with Crippen molar-refractivity contribution in [2.75, 3.05) is 24.3 Å². The summed E-state index contributed by atoms with van der Waals surface area (Å²) in [5, 5.41) is 30.2.